The standard InChI is InChI=1S/C12H14ClNO/c1-8-6-9(2-3-10(8)13)7-11(15)12(14)4-5-12/h2-3,6H,4-5,7,14H2,1H3. The van der Waals surface area contributed by atoms with E-state index in [9.17, 15) is 4.79 Å². The maximum atomic E-state index is 11.7. The number of hydrogen-bond donors (Lipinski definition) is 1. The summed E-state index contributed by atoms with van der Waals surface area (Å²) in [5, 5.41) is 0.736. The van der Waals surface area contributed by atoms with Crippen LogP contribution >= 0.6 is 11.6 Å². The SMILES string of the molecule is Cc1cc(CC(=O)C2(N)CC2)ccc1Cl. The predicted octanol–water partition coefficient (Wildman–Crippen LogP) is 2.25. The lowest BCUT2D eigenvalue weighted by Gasteiger charge is -2.08. The van der Waals surface area contributed by atoms with Gasteiger partial charge in [-0.15, -0.1) is 0 Å². The average molecular weight is 224 g/mol. The van der Waals surface area contributed by atoms with Gasteiger partial charge in [0.2, 0.25) is 0 Å². The van der Waals surface area contributed by atoms with Crippen LogP contribution < -0.4 is 5.73 Å². The number of aryl methyl sites for hydroxylation is 1. The van der Waals surface area contributed by atoms with Gasteiger partial charge < -0.3 is 5.73 Å². The molecule has 80 valence electrons. The molecule has 0 aliphatic heterocycles. The Hall–Kier alpha value is -0.860. The van der Waals surface area contributed by atoms with Gasteiger partial charge in [-0.1, -0.05) is 23.7 Å². The number of halogens is 1. The number of hydrogen-bond acceptors (Lipinski definition) is 2. The van der Waals surface area contributed by atoms with Gasteiger partial charge in [-0.3, -0.25) is 4.79 Å². The molecule has 0 bridgehead atoms. The molecule has 1 fully saturated rings. The Balaban J connectivity index is 2.11. The predicted molar refractivity (Wildman–Crippen MR) is 61.1 cm³/mol. The fourth-order valence-electron chi connectivity index (χ4n) is 1.59. The second-order valence-electron chi connectivity index (χ2n) is 4.34. The van der Waals surface area contributed by atoms with Crippen molar-refractivity contribution in [3.63, 3.8) is 0 Å². The topological polar surface area (TPSA) is 43.1 Å². The van der Waals surface area contributed by atoms with Crippen molar-refractivity contribution in [3.05, 3.63) is 34.3 Å². The number of carbonyl (C=O) groups is 1. The van der Waals surface area contributed by atoms with Crippen LogP contribution in [0.4, 0.5) is 0 Å². The number of benzene rings is 1. The van der Waals surface area contributed by atoms with Crippen LogP contribution in [0.3, 0.4) is 0 Å². The first-order valence-electron chi connectivity index (χ1n) is 5.08. The molecule has 0 unspecified atom stereocenters. The van der Waals surface area contributed by atoms with Gasteiger partial charge in [0.05, 0.1) is 5.54 Å². The normalized spacial score (nSPS) is 17.5. The third-order valence-electron chi connectivity index (χ3n) is 2.93. The van der Waals surface area contributed by atoms with Crippen LogP contribution in [0.15, 0.2) is 18.2 Å². The molecule has 1 aromatic carbocycles. The lowest BCUT2D eigenvalue weighted by Crippen LogP contribution is -2.34. The van der Waals surface area contributed by atoms with Crippen molar-refractivity contribution in [2.24, 2.45) is 5.73 Å². The average Bonchev–Trinajstić information content (AvgIpc) is 2.92. The van der Waals surface area contributed by atoms with Crippen LogP contribution in [0, 0.1) is 6.92 Å². The molecule has 0 spiro atoms. The summed E-state index contributed by atoms with van der Waals surface area (Å²) in [6.45, 7) is 1.94. The molecule has 1 aliphatic carbocycles. The lowest BCUT2D eigenvalue weighted by atomic mass is 10.0. The molecule has 1 saturated carbocycles. The molecule has 1 aliphatic rings. The van der Waals surface area contributed by atoms with Gasteiger partial charge in [-0.05, 0) is 37.0 Å². The van der Waals surface area contributed by atoms with Crippen LogP contribution in [0.1, 0.15) is 24.0 Å². The van der Waals surface area contributed by atoms with Crippen LogP contribution in [-0.4, -0.2) is 11.3 Å². The summed E-state index contributed by atoms with van der Waals surface area (Å²) < 4.78 is 0. The van der Waals surface area contributed by atoms with Crippen molar-refractivity contribution in [3.8, 4) is 0 Å². The first kappa shape index (κ1) is 10.7. The second-order valence-corrected chi connectivity index (χ2v) is 4.75. The van der Waals surface area contributed by atoms with Crippen molar-refractivity contribution >= 4 is 17.4 Å². The number of nitrogens with two attached hydrogens (primary N) is 1. The maximum absolute atomic E-state index is 11.7. The summed E-state index contributed by atoms with van der Waals surface area (Å²) in [4.78, 5) is 11.7. The molecule has 0 aromatic heterocycles. The quantitative estimate of drug-likeness (QED) is 0.854. The molecule has 0 atom stereocenters. The smallest absolute Gasteiger partial charge is 0.156 e. The van der Waals surface area contributed by atoms with Crippen molar-refractivity contribution in [2.75, 3.05) is 0 Å². The number of Topliss-reactive ketones (excluding diaryl/α,β-unsaturated/α-hetero) is 1. The molecule has 0 saturated heterocycles. The van der Waals surface area contributed by atoms with E-state index in [0.29, 0.717) is 6.42 Å². The fourth-order valence-corrected chi connectivity index (χ4v) is 1.71. The Labute approximate surface area is 94.4 Å². The molecule has 3 heteroatoms. The van der Waals surface area contributed by atoms with E-state index in [2.05, 4.69) is 0 Å². The van der Waals surface area contributed by atoms with Crippen LogP contribution in [-0.2, 0) is 11.2 Å². The minimum Gasteiger partial charge on any atom is -0.319 e. The highest BCUT2D eigenvalue weighted by atomic mass is 35.5. The van der Waals surface area contributed by atoms with E-state index >= 15 is 0 Å². The third-order valence-corrected chi connectivity index (χ3v) is 3.36. The van der Waals surface area contributed by atoms with Gasteiger partial charge in [0.1, 0.15) is 0 Å². The van der Waals surface area contributed by atoms with Crippen molar-refractivity contribution in [1.82, 2.24) is 0 Å². The Morgan fingerprint density at radius 3 is 2.73 bits per heavy atom. The number of rotatable bonds is 3. The van der Waals surface area contributed by atoms with Crippen LogP contribution in [0.25, 0.3) is 0 Å². The summed E-state index contributed by atoms with van der Waals surface area (Å²) in [6.07, 6.45) is 2.09. The van der Waals surface area contributed by atoms with Gasteiger partial charge in [0.25, 0.3) is 0 Å². The molecule has 2 N–H and O–H groups in total. The zero-order valence-electron chi connectivity index (χ0n) is 8.72. The molecule has 15 heavy (non-hydrogen) atoms. The first-order valence-corrected chi connectivity index (χ1v) is 5.46. The third kappa shape index (κ3) is 2.21. The Kier molecular flexibility index (Phi) is 2.57. The van der Waals surface area contributed by atoms with E-state index in [1.807, 2.05) is 25.1 Å². The largest absolute Gasteiger partial charge is 0.319 e. The molecular weight excluding hydrogens is 210 g/mol. The lowest BCUT2D eigenvalue weighted by molar-refractivity contribution is -0.120. The second kappa shape index (κ2) is 3.62. The zero-order valence-corrected chi connectivity index (χ0v) is 9.47. The van der Waals surface area contributed by atoms with Gasteiger partial charge in [-0.2, -0.15) is 0 Å². The van der Waals surface area contributed by atoms with Crippen LogP contribution in [0.5, 0.6) is 0 Å². The van der Waals surface area contributed by atoms with E-state index in [-0.39, 0.29) is 5.78 Å². The Morgan fingerprint density at radius 2 is 2.20 bits per heavy atom. The molecular formula is C12H14ClNO. The van der Waals surface area contributed by atoms with Crippen molar-refractivity contribution in [1.29, 1.82) is 0 Å². The monoisotopic (exact) mass is 223 g/mol. The molecule has 1 aromatic rings. The van der Waals surface area contributed by atoms with Gasteiger partial charge in [-0.25, -0.2) is 0 Å². The maximum Gasteiger partial charge on any atom is 0.156 e. The zero-order chi connectivity index (χ0) is 11.1. The Bertz CT molecular complexity index is 410. The van der Waals surface area contributed by atoms with E-state index in [1.165, 1.54) is 0 Å². The molecule has 0 heterocycles. The van der Waals surface area contributed by atoms with Crippen molar-refractivity contribution in [2.45, 2.75) is 31.7 Å². The van der Waals surface area contributed by atoms with Gasteiger partial charge in [0.15, 0.2) is 5.78 Å². The van der Waals surface area contributed by atoms with Gasteiger partial charge >= 0.3 is 0 Å². The van der Waals surface area contributed by atoms with Crippen LogP contribution in [0.2, 0.25) is 5.02 Å². The highest BCUT2D eigenvalue weighted by Gasteiger charge is 2.44. The molecule has 0 radical (unpaired) electrons. The molecule has 2 rings (SSSR count). The number of carbonyl (C=O) groups excluding carboxylic acids is 1. The fraction of sp³-hybridized carbons (Fsp3) is 0.417. The minimum absolute atomic E-state index is 0.143. The van der Waals surface area contributed by atoms with Gasteiger partial charge in [0, 0.05) is 11.4 Å². The first-order chi connectivity index (χ1) is 7.01. The van der Waals surface area contributed by atoms with E-state index in [0.717, 1.165) is 29.0 Å². The summed E-state index contributed by atoms with van der Waals surface area (Å²) in [7, 11) is 0. The summed E-state index contributed by atoms with van der Waals surface area (Å²) in [5.41, 5.74) is 7.31. The number of ketones is 1. The van der Waals surface area contributed by atoms with E-state index in [1.54, 1.807) is 0 Å². The summed E-state index contributed by atoms with van der Waals surface area (Å²) in [6, 6.07) is 5.67. The highest BCUT2D eigenvalue weighted by Crippen LogP contribution is 2.34. The minimum atomic E-state index is -0.520. The highest BCUT2D eigenvalue weighted by molar-refractivity contribution is 6.31. The molecule has 2 nitrogen and oxygen atoms in total. The molecule has 0 amide bonds. The van der Waals surface area contributed by atoms with Crippen molar-refractivity contribution < 1.29 is 4.79 Å². The summed E-state index contributed by atoms with van der Waals surface area (Å²) in [5.74, 6) is 0.143. The van der Waals surface area contributed by atoms with E-state index < -0.39 is 5.54 Å². The van der Waals surface area contributed by atoms with E-state index in [4.69, 9.17) is 17.3 Å². The summed E-state index contributed by atoms with van der Waals surface area (Å²) >= 11 is 5.91. The Morgan fingerprint density at radius 1 is 1.53 bits per heavy atom.